The van der Waals surface area contributed by atoms with Gasteiger partial charge in [-0.3, -0.25) is 9.59 Å². The summed E-state index contributed by atoms with van der Waals surface area (Å²) in [6.07, 6.45) is 0. The van der Waals surface area contributed by atoms with Crippen LogP contribution in [-0.4, -0.2) is 24.3 Å². The summed E-state index contributed by atoms with van der Waals surface area (Å²) in [6.45, 7) is 4.01. The van der Waals surface area contributed by atoms with Crippen molar-refractivity contribution in [3.63, 3.8) is 0 Å². The maximum atomic E-state index is 13.6. The van der Waals surface area contributed by atoms with Crippen LogP contribution in [0.15, 0.2) is 18.2 Å². The molecule has 0 saturated carbocycles. The fourth-order valence-corrected chi connectivity index (χ4v) is 3.21. The van der Waals surface area contributed by atoms with Gasteiger partial charge in [-0.2, -0.15) is 0 Å². The highest BCUT2D eigenvalue weighted by Crippen LogP contribution is 2.33. The van der Waals surface area contributed by atoms with Gasteiger partial charge < -0.3 is 10.1 Å². The molecule has 0 aliphatic carbocycles. The van der Waals surface area contributed by atoms with E-state index in [1.165, 1.54) is 18.3 Å². The minimum absolute atomic E-state index is 0.144. The van der Waals surface area contributed by atoms with E-state index >= 15 is 0 Å². The molecule has 132 valence electrons. The van der Waals surface area contributed by atoms with Crippen molar-refractivity contribution >= 4 is 34.0 Å². The molecule has 0 saturated heterocycles. The van der Waals surface area contributed by atoms with Gasteiger partial charge in [0.1, 0.15) is 16.6 Å². The molecule has 2 rings (SSSR count). The van der Waals surface area contributed by atoms with Crippen LogP contribution in [0.2, 0.25) is 0 Å². The van der Waals surface area contributed by atoms with Crippen LogP contribution < -0.4 is 5.32 Å². The first-order valence-corrected chi connectivity index (χ1v) is 8.05. The Hall–Kier alpha value is -2.61. The van der Waals surface area contributed by atoms with E-state index in [2.05, 4.69) is 5.32 Å². The molecule has 0 unspecified atom stereocenters. The number of Topliss-reactive ketones (excluding diaryl/α,β-unsaturated/α-hetero) is 1. The molecule has 1 aromatic carbocycles. The van der Waals surface area contributed by atoms with E-state index in [4.69, 9.17) is 4.74 Å². The summed E-state index contributed by atoms with van der Waals surface area (Å²) < 4.78 is 31.6. The molecule has 8 heteroatoms. The third-order valence-corrected chi connectivity index (χ3v) is 4.56. The van der Waals surface area contributed by atoms with E-state index in [-0.39, 0.29) is 11.5 Å². The summed E-state index contributed by atoms with van der Waals surface area (Å²) in [7, 11) is 0. The Morgan fingerprint density at radius 2 is 1.88 bits per heavy atom. The zero-order valence-electron chi connectivity index (χ0n) is 13.7. The number of rotatable bonds is 5. The van der Waals surface area contributed by atoms with Crippen molar-refractivity contribution in [1.82, 2.24) is 0 Å². The van der Waals surface area contributed by atoms with Crippen LogP contribution in [0.4, 0.5) is 13.8 Å². The van der Waals surface area contributed by atoms with E-state index < -0.39 is 35.6 Å². The molecule has 5 nitrogen and oxygen atoms in total. The van der Waals surface area contributed by atoms with Crippen LogP contribution in [0.5, 0.6) is 0 Å². The molecule has 0 aliphatic heterocycles. The molecule has 0 bridgehead atoms. The maximum Gasteiger partial charge on any atom is 0.341 e. The number of ether oxygens (including phenoxy) is 1. The van der Waals surface area contributed by atoms with Gasteiger partial charge in [0, 0.05) is 11.8 Å². The average Bonchev–Trinajstić information content (AvgIpc) is 2.80. The summed E-state index contributed by atoms with van der Waals surface area (Å²) in [6, 6.07) is 2.45. The highest BCUT2D eigenvalue weighted by Gasteiger charge is 2.23. The molecular weight excluding hydrogens is 352 g/mol. The Morgan fingerprint density at radius 1 is 1.20 bits per heavy atom. The largest absolute Gasteiger partial charge is 0.454 e. The SMILES string of the molecule is CC(=O)Nc1sc(C)c(C)c1C(=O)OCC(=O)c1cc(F)ccc1F. The number of aryl methyl sites for hydroxylation is 1. The van der Waals surface area contributed by atoms with E-state index in [1.54, 1.807) is 13.8 Å². The van der Waals surface area contributed by atoms with Crippen molar-refractivity contribution in [1.29, 1.82) is 0 Å². The Labute approximate surface area is 146 Å². The summed E-state index contributed by atoms with van der Waals surface area (Å²) in [5.74, 6) is -3.71. The molecule has 1 N–H and O–H groups in total. The molecule has 0 atom stereocenters. The monoisotopic (exact) mass is 367 g/mol. The van der Waals surface area contributed by atoms with Crippen LogP contribution in [0.1, 0.15) is 38.1 Å². The van der Waals surface area contributed by atoms with Crippen molar-refractivity contribution in [2.45, 2.75) is 20.8 Å². The second-order valence-corrected chi connectivity index (χ2v) is 6.52. The second-order valence-electron chi connectivity index (χ2n) is 5.29. The average molecular weight is 367 g/mol. The predicted octanol–water partition coefficient (Wildman–Crippen LogP) is 3.64. The molecule has 0 radical (unpaired) electrons. The van der Waals surface area contributed by atoms with E-state index in [0.717, 1.165) is 23.1 Å². The lowest BCUT2D eigenvalue weighted by atomic mass is 10.1. The van der Waals surface area contributed by atoms with Crippen LogP contribution in [-0.2, 0) is 9.53 Å². The summed E-state index contributed by atoms with van der Waals surface area (Å²) in [5.41, 5.74) is 0.265. The third-order valence-electron chi connectivity index (χ3n) is 3.44. The van der Waals surface area contributed by atoms with Gasteiger partial charge in [0.25, 0.3) is 0 Å². The van der Waals surface area contributed by atoms with Crippen LogP contribution >= 0.6 is 11.3 Å². The number of amides is 1. The van der Waals surface area contributed by atoms with Crippen LogP contribution in [0, 0.1) is 25.5 Å². The molecule has 0 aliphatic rings. The van der Waals surface area contributed by atoms with Gasteiger partial charge in [0.05, 0.1) is 11.1 Å². The fraction of sp³-hybridized carbons (Fsp3) is 0.235. The first-order valence-electron chi connectivity index (χ1n) is 7.23. The highest BCUT2D eigenvalue weighted by atomic mass is 32.1. The molecule has 1 heterocycles. The number of esters is 1. The van der Waals surface area contributed by atoms with Crippen molar-refractivity contribution in [3.05, 3.63) is 51.4 Å². The van der Waals surface area contributed by atoms with E-state index in [9.17, 15) is 23.2 Å². The molecule has 2 aromatic rings. The number of benzene rings is 1. The van der Waals surface area contributed by atoms with Gasteiger partial charge in [-0.25, -0.2) is 13.6 Å². The summed E-state index contributed by atoms with van der Waals surface area (Å²) in [4.78, 5) is 36.3. The number of nitrogens with one attached hydrogen (secondary N) is 1. The van der Waals surface area contributed by atoms with Crippen molar-refractivity contribution in [2.75, 3.05) is 11.9 Å². The summed E-state index contributed by atoms with van der Waals surface area (Å²) >= 11 is 1.21. The topological polar surface area (TPSA) is 72.5 Å². The predicted molar refractivity (Wildman–Crippen MR) is 89.1 cm³/mol. The second kappa shape index (κ2) is 7.52. The number of hydrogen-bond donors (Lipinski definition) is 1. The van der Waals surface area contributed by atoms with Gasteiger partial charge in [0.15, 0.2) is 6.61 Å². The van der Waals surface area contributed by atoms with Crippen LogP contribution in [0.3, 0.4) is 0 Å². The van der Waals surface area contributed by atoms with Crippen molar-refractivity contribution < 1.29 is 27.9 Å². The minimum Gasteiger partial charge on any atom is -0.454 e. The van der Waals surface area contributed by atoms with Gasteiger partial charge in [-0.15, -0.1) is 11.3 Å². The smallest absolute Gasteiger partial charge is 0.341 e. The molecule has 1 amide bonds. The van der Waals surface area contributed by atoms with Crippen molar-refractivity contribution in [2.24, 2.45) is 0 Å². The first-order chi connectivity index (χ1) is 11.7. The summed E-state index contributed by atoms with van der Waals surface area (Å²) in [5, 5.41) is 2.85. The van der Waals surface area contributed by atoms with Gasteiger partial charge in [-0.05, 0) is 37.6 Å². The zero-order valence-corrected chi connectivity index (χ0v) is 14.6. The molecular formula is C17H15F2NO4S. The first kappa shape index (κ1) is 18.7. The Bertz CT molecular complexity index is 861. The Morgan fingerprint density at radius 3 is 2.52 bits per heavy atom. The van der Waals surface area contributed by atoms with E-state index in [1.807, 2.05) is 0 Å². The third kappa shape index (κ3) is 4.27. The standard InChI is InChI=1S/C17H15F2NO4S/c1-8-9(2)25-16(20-10(3)21)15(8)17(23)24-7-14(22)12-6-11(18)4-5-13(12)19/h4-6H,7H2,1-3H3,(H,20,21). The quantitative estimate of drug-likeness (QED) is 0.647. The lowest BCUT2D eigenvalue weighted by molar-refractivity contribution is -0.114. The number of hydrogen-bond acceptors (Lipinski definition) is 5. The van der Waals surface area contributed by atoms with Crippen LogP contribution in [0.25, 0.3) is 0 Å². The fourth-order valence-electron chi connectivity index (χ4n) is 2.11. The number of thiophene rings is 1. The minimum atomic E-state index is -0.899. The number of carbonyl (C=O) groups is 3. The molecule has 25 heavy (non-hydrogen) atoms. The van der Waals surface area contributed by atoms with Gasteiger partial charge in [0.2, 0.25) is 11.7 Å². The number of anilines is 1. The van der Waals surface area contributed by atoms with Crippen molar-refractivity contribution in [3.8, 4) is 0 Å². The number of halogens is 2. The Balaban J connectivity index is 2.16. The molecule has 0 spiro atoms. The normalized spacial score (nSPS) is 10.4. The highest BCUT2D eigenvalue weighted by molar-refractivity contribution is 7.16. The molecule has 0 fully saturated rings. The number of ketones is 1. The maximum absolute atomic E-state index is 13.6. The zero-order chi connectivity index (χ0) is 18.7. The Kier molecular flexibility index (Phi) is 5.63. The van der Waals surface area contributed by atoms with Gasteiger partial charge >= 0.3 is 5.97 Å². The van der Waals surface area contributed by atoms with Gasteiger partial charge in [-0.1, -0.05) is 0 Å². The molecule has 1 aromatic heterocycles. The lowest BCUT2D eigenvalue weighted by Gasteiger charge is -2.07. The number of carbonyl (C=O) groups excluding carboxylic acids is 3. The lowest BCUT2D eigenvalue weighted by Crippen LogP contribution is -2.17. The van der Waals surface area contributed by atoms with E-state index in [0.29, 0.717) is 10.6 Å².